The normalized spacial score (nSPS) is 10.9. The average Bonchev–Trinajstić information content (AvgIpc) is 2.81. The first-order chi connectivity index (χ1) is 16.1. The lowest BCUT2D eigenvalue weighted by Gasteiger charge is -2.16. The van der Waals surface area contributed by atoms with Crippen molar-refractivity contribution in [2.45, 2.75) is 4.90 Å². The van der Waals surface area contributed by atoms with Crippen molar-refractivity contribution in [1.29, 1.82) is 0 Å². The standard InChI is InChI=1S/C24H21N3O6S/c1-3-10-33-24(29)15-6-9-21(32-2)18(11-15)16-12-19(22(25)20(13-16)23(26)28)14-4-7-17(8-5-14)34(27,30)31/h1,4-9,11-13H,10,25H2,2H3,(H2,26,28)(H2,27,30,31). The topological polar surface area (TPSA) is 165 Å². The Labute approximate surface area is 196 Å². The molecule has 0 bridgehead atoms. The number of sulfonamides is 1. The molecular weight excluding hydrogens is 458 g/mol. The summed E-state index contributed by atoms with van der Waals surface area (Å²) in [5, 5.41) is 5.16. The molecule has 3 aromatic rings. The van der Waals surface area contributed by atoms with E-state index < -0.39 is 21.9 Å². The number of benzene rings is 3. The van der Waals surface area contributed by atoms with Gasteiger partial charge in [0, 0.05) is 11.1 Å². The van der Waals surface area contributed by atoms with Crippen LogP contribution in [0.25, 0.3) is 22.3 Å². The molecule has 0 aliphatic rings. The van der Waals surface area contributed by atoms with E-state index in [4.69, 9.17) is 32.5 Å². The number of nitrogen functional groups attached to an aromatic ring is 1. The van der Waals surface area contributed by atoms with Crippen LogP contribution in [0.1, 0.15) is 20.7 Å². The summed E-state index contributed by atoms with van der Waals surface area (Å²) in [5.74, 6) is 1.22. The van der Waals surface area contributed by atoms with Gasteiger partial charge in [-0.25, -0.2) is 18.4 Å². The summed E-state index contributed by atoms with van der Waals surface area (Å²) in [6.45, 7) is -0.188. The summed E-state index contributed by atoms with van der Waals surface area (Å²) in [7, 11) is -2.44. The molecule has 10 heteroatoms. The van der Waals surface area contributed by atoms with Crippen LogP contribution in [0.5, 0.6) is 5.75 Å². The number of amides is 1. The quantitative estimate of drug-likeness (QED) is 0.265. The molecule has 0 unspecified atom stereocenters. The van der Waals surface area contributed by atoms with Crippen LogP contribution in [-0.2, 0) is 14.8 Å². The summed E-state index contributed by atoms with van der Waals surface area (Å²) < 4.78 is 33.6. The number of primary amides is 1. The van der Waals surface area contributed by atoms with Crippen molar-refractivity contribution in [2.75, 3.05) is 19.5 Å². The molecule has 0 aliphatic heterocycles. The van der Waals surface area contributed by atoms with Crippen LogP contribution in [0.3, 0.4) is 0 Å². The fraction of sp³-hybridized carbons (Fsp3) is 0.0833. The van der Waals surface area contributed by atoms with Gasteiger partial charge in [0.05, 0.1) is 28.8 Å². The SMILES string of the molecule is C#CCOC(=O)c1ccc(OC)c(-c2cc(C(N)=O)c(N)c(-c3ccc(S(N)(=O)=O)cc3)c2)c1. The van der Waals surface area contributed by atoms with Gasteiger partial charge in [0.2, 0.25) is 10.0 Å². The summed E-state index contributed by atoms with van der Waals surface area (Å²) in [6.07, 6.45) is 5.14. The van der Waals surface area contributed by atoms with Gasteiger partial charge in [-0.05, 0) is 53.6 Å². The molecule has 34 heavy (non-hydrogen) atoms. The predicted molar refractivity (Wildman–Crippen MR) is 127 cm³/mol. The van der Waals surface area contributed by atoms with Gasteiger partial charge < -0.3 is 20.9 Å². The fourth-order valence-electron chi connectivity index (χ4n) is 3.33. The lowest BCUT2D eigenvalue weighted by atomic mass is 9.92. The average molecular weight is 480 g/mol. The molecule has 0 aliphatic carbocycles. The molecular formula is C24H21N3O6S. The van der Waals surface area contributed by atoms with E-state index in [-0.39, 0.29) is 28.3 Å². The van der Waals surface area contributed by atoms with Crippen LogP contribution < -0.4 is 21.3 Å². The minimum absolute atomic E-state index is 0.0328. The van der Waals surface area contributed by atoms with E-state index in [2.05, 4.69) is 5.92 Å². The molecule has 1 amide bonds. The molecule has 0 spiro atoms. The van der Waals surface area contributed by atoms with Crippen molar-refractivity contribution >= 4 is 27.6 Å². The van der Waals surface area contributed by atoms with Crippen LogP contribution in [-0.4, -0.2) is 34.0 Å². The third-order valence-corrected chi connectivity index (χ3v) is 5.90. The Morgan fingerprint density at radius 2 is 1.68 bits per heavy atom. The molecule has 6 N–H and O–H groups in total. The number of terminal acetylenes is 1. The zero-order valence-corrected chi connectivity index (χ0v) is 18.9. The van der Waals surface area contributed by atoms with Crippen molar-refractivity contribution < 1.29 is 27.5 Å². The van der Waals surface area contributed by atoms with Gasteiger partial charge in [-0.1, -0.05) is 18.1 Å². The lowest BCUT2D eigenvalue weighted by Crippen LogP contribution is -2.14. The second kappa shape index (κ2) is 9.66. The zero-order valence-electron chi connectivity index (χ0n) is 18.1. The van der Waals surface area contributed by atoms with Crippen LogP contribution >= 0.6 is 0 Å². The Kier molecular flexibility index (Phi) is 6.91. The van der Waals surface area contributed by atoms with Gasteiger partial charge in [0.15, 0.2) is 6.61 Å². The fourth-order valence-corrected chi connectivity index (χ4v) is 3.84. The number of primary sulfonamides is 1. The van der Waals surface area contributed by atoms with E-state index >= 15 is 0 Å². The van der Waals surface area contributed by atoms with E-state index in [1.54, 1.807) is 12.1 Å². The molecule has 0 heterocycles. The lowest BCUT2D eigenvalue weighted by molar-refractivity contribution is 0.0556. The maximum atomic E-state index is 12.3. The number of hydrogen-bond acceptors (Lipinski definition) is 7. The molecule has 174 valence electrons. The van der Waals surface area contributed by atoms with Gasteiger partial charge in [-0.3, -0.25) is 4.79 Å². The van der Waals surface area contributed by atoms with Gasteiger partial charge in [-0.15, -0.1) is 6.42 Å². The number of carbonyl (C=O) groups is 2. The monoisotopic (exact) mass is 479 g/mol. The Morgan fingerprint density at radius 3 is 2.24 bits per heavy atom. The first-order valence-electron chi connectivity index (χ1n) is 9.72. The summed E-state index contributed by atoms with van der Waals surface area (Å²) in [5.41, 5.74) is 14.0. The Bertz CT molecular complexity index is 1420. The van der Waals surface area contributed by atoms with Gasteiger partial charge in [0.25, 0.3) is 5.91 Å². The van der Waals surface area contributed by atoms with Crippen LogP contribution in [0, 0.1) is 12.3 Å². The third-order valence-electron chi connectivity index (χ3n) is 4.97. The van der Waals surface area contributed by atoms with Crippen molar-refractivity contribution in [3.05, 3.63) is 65.7 Å². The molecule has 0 atom stereocenters. The molecule has 0 saturated carbocycles. The molecule has 0 saturated heterocycles. The minimum Gasteiger partial charge on any atom is -0.496 e. The van der Waals surface area contributed by atoms with Gasteiger partial charge in [0.1, 0.15) is 5.75 Å². The largest absolute Gasteiger partial charge is 0.496 e. The highest BCUT2D eigenvalue weighted by Gasteiger charge is 2.19. The number of esters is 1. The highest BCUT2D eigenvalue weighted by Crippen LogP contribution is 2.38. The zero-order chi connectivity index (χ0) is 25.0. The number of nitrogens with two attached hydrogens (primary N) is 3. The predicted octanol–water partition coefficient (Wildman–Crippen LogP) is 2.15. The second-order valence-electron chi connectivity index (χ2n) is 7.11. The van der Waals surface area contributed by atoms with Gasteiger partial charge in [-0.2, -0.15) is 0 Å². The smallest absolute Gasteiger partial charge is 0.339 e. The third kappa shape index (κ3) is 5.01. The number of rotatable bonds is 7. The molecule has 9 nitrogen and oxygen atoms in total. The van der Waals surface area contributed by atoms with E-state index in [9.17, 15) is 18.0 Å². The highest BCUT2D eigenvalue weighted by molar-refractivity contribution is 7.89. The van der Waals surface area contributed by atoms with E-state index in [1.165, 1.54) is 49.6 Å². The Morgan fingerprint density at radius 1 is 1.00 bits per heavy atom. The molecule has 3 rings (SSSR count). The van der Waals surface area contributed by atoms with Crippen molar-refractivity contribution in [1.82, 2.24) is 0 Å². The van der Waals surface area contributed by atoms with Gasteiger partial charge >= 0.3 is 5.97 Å². The first kappa shape index (κ1) is 24.3. The van der Waals surface area contributed by atoms with E-state index in [1.807, 2.05) is 0 Å². The number of methoxy groups -OCH3 is 1. The Hall–Kier alpha value is -4.33. The van der Waals surface area contributed by atoms with Crippen molar-refractivity contribution in [3.63, 3.8) is 0 Å². The summed E-state index contributed by atoms with van der Waals surface area (Å²) >= 11 is 0. The van der Waals surface area contributed by atoms with Crippen molar-refractivity contribution in [3.8, 4) is 40.3 Å². The minimum atomic E-state index is -3.89. The molecule has 3 aromatic carbocycles. The van der Waals surface area contributed by atoms with E-state index in [0.29, 0.717) is 28.0 Å². The van der Waals surface area contributed by atoms with E-state index in [0.717, 1.165) is 0 Å². The highest BCUT2D eigenvalue weighted by atomic mass is 32.2. The molecule has 0 aromatic heterocycles. The van der Waals surface area contributed by atoms with Crippen LogP contribution in [0.4, 0.5) is 5.69 Å². The molecule has 0 radical (unpaired) electrons. The summed E-state index contributed by atoms with van der Waals surface area (Å²) in [4.78, 5) is 24.4. The maximum Gasteiger partial charge on any atom is 0.339 e. The van der Waals surface area contributed by atoms with Crippen LogP contribution in [0.15, 0.2) is 59.5 Å². The second-order valence-corrected chi connectivity index (χ2v) is 8.68. The number of ether oxygens (including phenoxy) is 2. The van der Waals surface area contributed by atoms with Crippen molar-refractivity contribution in [2.24, 2.45) is 10.9 Å². The first-order valence-corrected chi connectivity index (χ1v) is 11.3. The maximum absolute atomic E-state index is 12.3. The van der Waals surface area contributed by atoms with Crippen LogP contribution in [0.2, 0.25) is 0 Å². The number of anilines is 1. The number of carbonyl (C=O) groups excluding carboxylic acids is 2. The molecule has 0 fully saturated rings. The number of hydrogen-bond donors (Lipinski definition) is 3. The summed E-state index contributed by atoms with van der Waals surface area (Å²) in [6, 6.07) is 13.4. The Balaban J connectivity index is 2.22.